The average molecular weight is 624 g/mol. The van der Waals surface area contributed by atoms with Crippen molar-refractivity contribution in [3.63, 3.8) is 0 Å². The molecule has 14 heteroatoms. The number of nitriles is 1. The lowest BCUT2D eigenvalue weighted by Gasteiger charge is -2.56. The van der Waals surface area contributed by atoms with Gasteiger partial charge in [0, 0.05) is 62.6 Å². The van der Waals surface area contributed by atoms with Gasteiger partial charge in [-0.3, -0.25) is 14.8 Å². The number of likely N-dealkylation sites (tertiary alicyclic amines) is 2. The standard InChI is InChI=1S/C31H36F3N9O2/c32-31(33,34)26-11-20(14-41-10-6-23(44)16-41)12-27(40-26)45-24-3-1-22(2-4-24)42-17-30(18-42,7-8-35)43-15-21(13-39-43)28-25-5-9-36-29(25)38-19-37-28/h5,9,11-13,19,21-24,44H,1-4,6-7,10,14-18H2,(H,36,37,38)/t21?,22-,23-,24+/m1/s1. The van der Waals surface area contributed by atoms with Gasteiger partial charge in [0.15, 0.2) is 0 Å². The molecule has 3 aromatic rings. The Balaban J connectivity index is 0.951. The number of hydrogen-bond acceptors (Lipinski definition) is 10. The lowest BCUT2D eigenvalue weighted by atomic mass is 9.81. The highest BCUT2D eigenvalue weighted by Crippen LogP contribution is 2.40. The number of H-pyrrole nitrogens is 1. The molecule has 0 amide bonds. The fourth-order valence-corrected chi connectivity index (χ4v) is 7.35. The molecule has 45 heavy (non-hydrogen) atoms. The van der Waals surface area contributed by atoms with Crippen molar-refractivity contribution < 1.29 is 23.0 Å². The molecule has 6 heterocycles. The molecule has 2 N–H and O–H groups in total. The maximum atomic E-state index is 13.7. The van der Waals surface area contributed by atoms with Crippen molar-refractivity contribution in [2.75, 3.05) is 32.7 Å². The van der Waals surface area contributed by atoms with Crippen molar-refractivity contribution in [2.45, 2.75) is 81.0 Å². The van der Waals surface area contributed by atoms with Crippen LogP contribution in [0.2, 0.25) is 0 Å². The van der Waals surface area contributed by atoms with Gasteiger partial charge in [-0.05, 0) is 49.8 Å². The number of halogens is 3. The molecule has 3 aromatic heterocycles. The van der Waals surface area contributed by atoms with E-state index in [0.717, 1.165) is 48.7 Å². The number of aromatic amines is 1. The van der Waals surface area contributed by atoms with E-state index in [1.54, 1.807) is 12.4 Å². The average Bonchev–Trinajstić information content (AvgIpc) is 3.76. The summed E-state index contributed by atoms with van der Waals surface area (Å²) in [5.41, 5.74) is 0.878. The van der Waals surface area contributed by atoms with Gasteiger partial charge in [0.05, 0.1) is 42.3 Å². The van der Waals surface area contributed by atoms with Crippen LogP contribution in [0.1, 0.15) is 61.4 Å². The normalized spacial score (nSPS) is 27.1. The van der Waals surface area contributed by atoms with Gasteiger partial charge in [0.1, 0.15) is 23.8 Å². The van der Waals surface area contributed by atoms with Gasteiger partial charge < -0.3 is 14.8 Å². The lowest BCUT2D eigenvalue weighted by Crippen LogP contribution is -2.70. The van der Waals surface area contributed by atoms with E-state index in [-0.39, 0.29) is 23.4 Å². The first-order chi connectivity index (χ1) is 21.7. The largest absolute Gasteiger partial charge is 0.474 e. The maximum Gasteiger partial charge on any atom is 0.433 e. The number of ether oxygens (including phenoxy) is 1. The highest BCUT2D eigenvalue weighted by Gasteiger charge is 2.51. The van der Waals surface area contributed by atoms with Gasteiger partial charge in [-0.1, -0.05) is 0 Å². The number of nitrogens with one attached hydrogen (secondary N) is 1. The predicted octanol–water partition coefficient (Wildman–Crippen LogP) is 3.68. The van der Waals surface area contributed by atoms with Crippen LogP contribution < -0.4 is 4.74 Å². The molecule has 2 saturated heterocycles. The van der Waals surface area contributed by atoms with E-state index in [1.165, 1.54) is 0 Å². The third-order valence-electron chi connectivity index (χ3n) is 9.70. The molecule has 0 spiro atoms. The van der Waals surface area contributed by atoms with E-state index in [2.05, 4.69) is 35.9 Å². The number of fused-ring (bicyclic) bond motifs is 1. The van der Waals surface area contributed by atoms with Crippen LogP contribution in [0.5, 0.6) is 5.88 Å². The maximum absolute atomic E-state index is 13.7. The number of rotatable bonds is 8. The van der Waals surface area contributed by atoms with E-state index >= 15 is 0 Å². The van der Waals surface area contributed by atoms with E-state index in [9.17, 15) is 23.5 Å². The number of pyridine rings is 1. The molecule has 11 nitrogen and oxygen atoms in total. The van der Waals surface area contributed by atoms with Crippen LogP contribution in [0.3, 0.4) is 0 Å². The van der Waals surface area contributed by atoms with Crippen LogP contribution in [-0.2, 0) is 12.7 Å². The molecule has 238 valence electrons. The van der Waals surface area contributed by atoms with Gasteiger partial charge in [-0.25, -0.2) is 15.0 Å². The van der Waals surface area contributed by atoms with Crippen LogP contribution in [0, 0.1) is 11.3 Å². The van der Waals surface area contributed by atoms with E-state index < -0.39 is 18.0 Å². The smallest absolute Gasteiger partial charge is 0.433 e. The van der Waals surface area contributed by atoms with Crippen LogP contribution in [0.15, 0.2) is 35.8 Å². The van der Waals surface area contributed by atoms with Crippen LogP contribution in [-0.4, -0.2) is 103 Å². The summed E-state index contributed by atoms with van der Waals surface area (Å²) >= 11 is 0. The number of hydrogen-bond donors (Lipinski definition) is 2. The predicted molar refractivity (Wildman–Crippen MR) is 158 cm³/mol. The fourth-order valence-electron chi connectivity index (χ4n) is 7.35. The van der Waals surface area contributed by atoms with E-state index in [4.69, 9.17) is 9.84 Å². The van der Waals surface area contributed by atoms with Gasteiger partial charge in [-0.15, -0.1) is 0 Å². The molecule has 0 radical (unpaired) electrons. The SMILES string of the molecule is N#CCC1(N2CC(c3ncnc4[nH]ccc34)C=N2)CN([C@H]2CC[C@@H](Oc3cc(CN4CC[C@@H](O)C4)cc(C(F)(F)F)n3)CC2)C1. The number of aromatic nitrogens is 4. The zero-order chi connectivity index (χ0) is 31.2. The summed E-state index contributed by atoms with van der Waals surface area (Å²) in [7, 11) is 0. The Bertz CT molecular complexity index is 1590. The van der Waals surface area contributed by atoms with Crippen molar-refractivity contribution in [1.82, 2.24) is 34.7 Å². The highest BCUT2D eigenvalue weighted by atomic mass is 19.4. The summed E-state index contributed by atoms with van der Waals surface area (Å²) in [6.45, 7) is 3.50. The van der Waals surface area contributed by atoms with Crippen molar-refractivity contribution in [2.24, 2.45) is 5.10 Å². The molecule has 3 fully saturated rings. The highest BCUT2D eigenvalue weighted by molar-refractivity contribution is 5.83. The minimum absolute atomic E-state index is 0.00191. The number of aliphatic hydroxyl groups is 1. The molecule has 0 aromatic carbocycles. The second-order valence-electron chi connectivity index (χ2n) is 12.8. The number of β-amino-alcohol motifs (C(OH)–C–C–N with tert-alkyl or cyclic N) is 1. The van der Waals surface area contributed by atoms with Gasteiger partial charge in [0.25, 0.3) is 0 Å². The Morgan fingerprint density at radius 3 is 2.67 bits per heavy atom. The summed E-state index contributed by atoms with van der Waals surface area (Å²) in [6, 6.07) is 7.34. The Labute approximate surface area is 258 Å². The fraction of sp³-hybridized carbons (Fsp3) is 0.581. The molecule has 3 aliphatic heterocycles. The zero-order valence-corrected chi connectivity index (χ0v) is 24.8. The van der Waals surface area contributed by atoms with Crippen molar-refractivity contribution in [3.05, 3.63) is 47.7 Å². The van der Waals surface area contributed by atoms with Gasteiger partial charge in [0.2, 0.25) is 5.88 Å². The van der Waals surface area contributed by atoms with Crippen LogP contribution >= 0.6 is 0 Å². The van der Waals surface area contributed by atoms with Crippen LogP contribution in [0.25, 0.3) is 11.0 Å². The molecule has 1 aliphatic carbocycles. The minimum Gasteiger partial charge on any atom is -0.474 e. The van der Waals surface area contributed by atoms with E-state index in [0.29, 0.717) is 63.5 Å². The van der Waals surface area contributed by atoms with Gasteiger partial charge in [-0.2, -0.15) is 23.5 Å². The van der Waals surface area contributed by atoms with Crippen molar-refractivity contribution in [1.29, 1.82) is 5.26 Å². The summed E-state index contributed by atoms with van der Waals surface area (Å²) < 4.78 is 47.0. The summed E-state index contributed by atoms with van der Waals surface area (Å²) in [5.74, 6) is 0.0116. The summed E-state index contributed by atoms with van der Waals surface area (Å²) in [5, 5.41) is 27.3. The topological polar surface area (TPSA) is 130 Å². The molecular weight excluding hydrogens is 587 g/mol. The first-order valence-electron chi connectivity index (χ1n) is 15.5. The third-order valence-corrected chi connectivity index (χ3v) is 9.70. The second-order valence-corrected chi connectivity index (χ2v) is 12.8. The summed E-state index contributed by atoms with van der Waals surface area (Å²) in [6.07, 6.45) is 4.19. The minimum atomic E-state index is -4.58. The molecular formula is C31H36F3N9O2. The monoisotopic (exact) mass is 623 g/mol. The Morgan fingerprint density at radius 2 is 1.93 bits per heavy atom. The van der Waals surface area contributed by atoms with E-state index in [1.807, 2.05) is 23.4 Å². The molecule has 1 saturated carbocycles. The summed E-state index contributed by atoms with van der Waals surface area (Å²) in [4.78, 5) is 20.1. The zero-order valence-electron chi connectivity index (χ0n) is 24.8. The number of aliphatic hydroxyl groups excluding tert-OH is 1. The number of nitrogens with zero attached hydrogens (tertiary/aromatic N) is 8. The number of hydrazone groups is 1. The molecule has 7 rings (SSSR count). The van der Waals surface area contributed by atoms with Gasteiger partial charge >= 0.3 is 6.18 Å². The second kappa shape index (κ2) is 11.9. The Kier molecular flexibility index (Phi) is 7.87. The quantitative estimate of drug-likeness (QED) is 0.386. The Hall–Kier alpha value is -3.80. The molecule has 2 atom stereocenters. The number of alkyl halides is 3. The molecule has 1 unspecified atom stereocenters. The third kappa shape index (κ3) is 6.08. The lowest BCUT2D eigenvalue weighted by molar-refractivity contribution is -0.141. The van der Waals surface area contributed by atoms with Crippen molar-refractivity contribution in [3.8, 4) is 11.9 Å². The molecule has 4 aliphatic rings. The first kappa shape index (κ1) is 29.9. The first-order valence-corrected chi connectivity index (χ1v) is 15.5. The van der Waals surface area contributed by atoms with Crippen molar-refractivity contribution >= 4 is 17.2 Å². The molecule has 0 bridgehead atoms. The Morgan fingerprint density at radius 1 is 1.11 bits per heavy atom. The van der Waals surface area contributed by atoms with Crippen LogP contribution in [0.4, 0.5) is 13.2 Å².